The van der Waals surface area contributed by atoms with Gasteiger partial charge in [0.25, 0.3) is 5.91 Å². The Labute approximate surface area is 124 Å². The summed E-state index contributed by atoms with van der Waals surface area (Å²) in [5, 5.41) is 14.9. The average molecular weight is 290 g/mol. The molecule has 0 aliphatic heterocycles. The van der Waals surface area contributed by atoms with Gasteiger partial charge in [-0.1, -0.05) is 0 Å². The average Bonchev–Trinajstić information content (AvgIpc) is 2.75. The first-order valence-corrected chi connectivity index (χ1v) is 7.04. The minimum absolute atomic E-state index is 0.108. The van der Waals surface area contributed by atoms with Crippen LogP contribution in [0.25, 0.3) is 11.0 Å². The molecule has 0 saturated heterocycles. The first kappa shape index (κ1) is 15.4. The number of aryl methyl sites for hydroxylation is 2. The molecule has 1 amide bonds. The molecule has 0 saturated carbocycles. The highest BCUT2D eigenvalue weighted by atomic mass is 16.3. The number of aliphatic hydroxyl groups is 1. The third kappa shape index (κ3) is 3.21. The number of hydrogen-bond acceptors (Lipinski definition) is 4. The number of fused-ring (bicyclic) bond motifs is 1. The van der Waals surface area contributed by atoms with Crippen LogP contribution >= 0.6 is 0 Å². The number of nitrogens with zero attached hydrogens (tertiary/aromatic N) is 4. The summed E-state index contributed by atoms with van der Waals surface area (Å²) >= 11 is 0. The van der Waals surface area contributed by atoms with Gasteiger partial charge in [-0.2, -0.15) is 5.10 Å². The minimum Gasteiger partial charge on any atom is -0.389 e. The lowest BCUT2D eigenvalue weighted by Crippen LogP contribution is -2.42. The van der Waals surface area contributed by atoms with Crippen LogP contribution in [0.5, 0.6) is 0 Å². The smallest absolute Gasteiger partial charge is 0.254 e. The van der Waals surface area contributed by atoms with Gasteiger partial charge < -0.3 is 10.0 Å². The summed E-state index contributed by atoms with van der Waals surface area (Å²) in [7, 11) is 1.80. The topological polar surface area (TPSA) is 71.2 Å². The first-order valence-electron chi connectivity index (χ1n) is 7.04. The van der Waals surface area contributed by atoms with Crippen molar-refractivity contribution in [2.75, 3.05) is 13.1 Å². The molecule has 0 unspecified atom stereocenters. The molecule has 2 aromatic rings. The normalized spacial score (nSPS) is 11.9. The molecule has 0 radical (unpaired) electrons. The highest BCUT2D eigenvalue weighted by Gasteiger charge is 2.24. The predicted molar refractivity (Wildman–Crippen MR) is 81.1 cm³/mol. The van der Waals surface area contributed by atoms with Gasteiger partial charge >= 0.3 is 0 Å². The maximum atomic E-state index is 12.8. The molecule has 114 valence electrons. The van der Waals surface area contributed by atoms with E-state index >= 15 is 0 Å². The van der Waals surface area contributed by atoms with Crippen molar-refractivity contribution >= 4 is 16.9 Å². The quantitative estimate of drug-likeness (QED) is 0.926. The lowest BCUT2D eigenvalue weighted by molar-refractivity contribution is 0.0315. The Balaban J connectivity index is 2.47. The van der Waals surface area contributed by atoms with E-state index < -0.39 is 5.60 Å². The summed E-state index contributed by atoms with van der Waals surface area (Å²) in [5.41, 5.74) is 1.12. The van der Waals surface area contributed by atoms with Gasteiger partial charge in [-0.3, -0.25) is 9.48 Å². The van der Waals surface area contributed by atoms with E-state index in [1.54, 1.807) is 42.7 Å². The zero-order chi connectivity index (χ0) is 15.8. The van der Waals surface area contributed by atoms with Crippen LogP contribution in [-0.2, 0) is 7.05 Å². The Morgan fingerprint density at radius 2 is 2.14 bits per heavy atom. The lowest BCUT2D eigenvalue weighted by atomic mass is 10.1. The van der Waals surface area contributed by atoms with Crippen LogP contribution in [0.1, 0.15) is 36.8 Å². The van der Waals surface area contributed by atoms with E-state index in [1.165, 1.54) is 0 Å². The molecule has 6 nitrogen and oxygen atoms in total. The van der Waals surface area contributed by atoms with Gasteiger partial charge in [-0.25, -0.2) is 4.98 Å². The van der Waals surface area contributed by atoms with Crippen molar-refractivity contribution in [2.45, 2.75) is 33.3 Å². The molecule has 1 N–H and O–H groups in total. The molecule has 2 aromatic heterocycles. The summed E-state index contributed by atoms with van der Waals surface area (Å²) < 4.78 is 1.66. The van der Waals surface area contributed by atoms with E-state index in [-0.39, 0.29) is 12.5 Å². The van der Waals surface area contributed by atoms with Gasteiger partial charge in [0.05, 0.1) is 22.7 Å². The zero-order valence-corrected chi connectivity index (χ0v) is 13.2. The molecular formula is C15H22N4O2. The second kappa shape index (κ2) is 5.44. The van der Waals surface area contributed by atoms with Crippen LogP contribution in [0.3, 0.4) is 0 Å². The molecule has 0 aliphatic carbocycles. The van der Waals surface area contributed by atoms with Crippen molar-refractivity contribution in [1.82, 2.24) is 19.7 Å². The maximum Gasteiger partial charge on any atom is 0.254 e. The summed E-state index contributed by atoms with van der Waals surface area (Å²) in [4.78, 5) is 18.8. The van der Waals surface area contributed by atoms with Gasteiger partial charge in [-0.15, -0.1) is 0 Å². The molecule has 0 aliphatic rings. The summed E-state index contributed by atoms with van der Waals surface area (Å²) in [6, 6.07) is 1.78. The highest BCUT2D eigenvalue weighted by Crippen LogP contribution is 2.20. The Bertz CT molecular complexity index is 670. The summed E-state index contributed by atoms with van der Waals surface area (Å²) in [5.74, 6) is -0.108. The van der Waals surface area contributed by atoms with Crippen molar-refractivity contribution in [3.05, 3.63) is 23.5 Å². The SMILES string of the molecule is CCN(CC(C)(C)O)C(=O)c1cc(C)nc2c1cnn2C. The standard InChI is InChI=1S/C15H22N4O2/c1-6-19(9-15(3,4)21)14(20)11-7-10(2)17-13-12(11)8-16-18(13)5/h7-8,21H,6,9H2,1-5H3. The fourth-order valence-corrected chi connectivity index (χ4v) is 2.38. The molecule has 6 heteroatoms. The van der Waals surface area contributed by atoms with E-state index in [0.29, 0.717) is 17.8 Å². The van der Waals surface area contributed by atoms with Gasteiger partial charge in [0.15, 0.2) is 5.65 Å². The van der Waals surface area contributed by atoms with E-state index in [9.17, 15) is 9.90 Å². The Hall–Kier alpha value is -1.95. The number of pyridine rings is 1. The maximum absolute atomic E-state index is 12.8. The zero-order valence-electron chi connectivity index (χ0n) is 13.2. The van der Waals surface area contributed by atoms with Gasteiger partial charge in [0, 0.05) is 25.8 Å². The predicted octanol–water partition coefficient (Wildman–Crippen LogP) is 1.51. The van der Waals surface area contributed by atoms with Crippen molar-refractivity contribution in [1.29, 1.82) is 0 Å². The molecule has 0 atom stereocenters. The van der Waals surface area contributed by atoms with Crippen molar-refractivity contribution in [3.8, 4) is 0 Å². The number of rotatable bonds is 4. The van der Waals surface area contributed by atoms with Crippen LogP contribution in [-0.4, -0.2) is 49.4 Å². The van der Waals surface area contributed by atoms with E-state index in [1.807, 2.05) is 13.8 Å². The highest BCUT2D eigenvalue weighted by molar-refractivity contribution is 6.05. The molecule has 2 rings (SSSR count). The van der Waals surface area contributed by atoms with Crippen LogP contribution in [0.15, 0.2) is 12.3 Å². The number of likely N-dealkylation sites (N-methyl/N-ethyl adjacent to an activating group) is 1. The van der Waals surface area contributed by atoms with Crippen LogP contribution < -0.4 is 0 Å². The molecule has 21 heavy (non-hydrogen) atoms. The van der Waals surface area contributed by atoms with Crippen molar-refractivity contribution in [2.24, 2.45) is 7.05 Å². The van der Waals surface area contributed by atoms with Gasteiger partial charge in [-0.05, 0) is 33.8 Å². The fraction of sp³-hybridized carbons (Fsp3) is 0.533. The monoisotopic (exact) mass is 290 g/mol. The number of carbonyl (C=O) groups excluding carboxylic acids is 1. The molecule has 2 heterocycles. The first-order chi connectivity index (χ1) is 9.73. The molecule has 0 fully saturated rings. The van der Waals surface area contributed by atoms with Crippen LogP contribution in [0, 0.1) is 6.92 Å². The molecule has 0 aromatic carbocycles. The Morgan fingerprint density at radius 3 is 2.71 bits per heavy atom. The largest absolute Gasteiger partial charge is 0.389 e. The van der Waals surface area contributed by atoms with Crippen molar-refractivity contribution in [3.63, 3.8) is 0 Å². The third-order valence-electron chi connectivity index (χ3n) is 3.31. The third-order valence-corrected chi connectivity index (χ3v) is 3.31. The number of aromatic nitrogens is 3. The van der Waals surface area contributed by atoms with E-state index in [0.717, 1.165) is 11.1 Å². The lowest BCUT2D eigenvalue weighted by Gasteiger charge is -2.28. The Morgan fingerprint density at radius 1 is 1.48 bits per heavy atom. The summed E-state index contributed by atoms with van der Waals surface area (Å²) in [6.45, 7) is 7.96. The fourth-order valence-electron chi connectivity index (χ4n) is 2.38. The van der Waals surface area contributed by atoms with Crippen LogP contribution in [0.4, 0.5) is 0 Å². The molecule has 0 spiro atoms. The van der Waals surface area contributed by atoms with E-state index in [2.05, 4.69) is 10.1 Å². The van der Waals surface area contributed by atoms with Gasteiger partial charge in [0.1, 0.15) is 0 Å². The number of hydrogen-bond donors (Lipinski definition) is 1. The summed E-state index contributed by atoms with van der Waals surface area (Å²) in [6.07, 6.45) is 1.66. The number of amides is 1. The van der Waals surface area contributed by atoms with Crippen molar-refractivity contribution < 1.29 is 9.90 Å². The molecular weight excluding hydrogens is 268 g/mol. The van der Waals surface area contributed by atoms with Crippen LogP contribution in [0.2, 0.25) is 0 Å². The number of carbonyl (C=O) groups is 1. The second-order valence-electron chi connectivity index (χ2n) is 5.95. The van der Waals surface area contributed by atoms with E-state index in [4.69, 9.17) is 0 Å². The molecule has 0 bridgehead atoms. The van der Waals surface area contributed by atoms with Gasteiger partial charge in [0.2, 0.25) is 0 Å². The Kier molecular flexibility index (Phi) is 4.00. The minimum atomic E-state index is -0.929. The second-order valence-corrected chi connectivity index (χ2v) is 5.95.